The van der Waals surface area contributed by atoms with Crippen LogP contribution in [-0.2, 0) is 14.3 Å². The minimum Gasteiger partial charge on any atom is -0.469 e. The number of Topliss-reactive ketones (excluding diaryl/α,β-unsaturated/α-hetero) is 1. The van der Waals surface area contributed by atoms with Crippen LogP contribution in [0.2, 0.25) is 0 Å². The fourth-order valence-corrected chi connectivity index (χ4v) is 3.20. The van der Waals surface area contributed by atoms with E-state index in [0.717, 1.165) is 30.8 Å². The normalized spacial score (nSPS) is 39.7. The molecular formula is C14H20O3. The first-order chi connectivity index (χ1) is 7.96. The van der Waals surface area contributed by atoms with Gasteiger partial charge in [-0.25, -0.2) is 0 Å². The Balaban J connectivity index is 1.90. The summed E-state index contributed by atoms with van der Waals surface area (Å²) in [6, 6.07) is 0. The van der Waals surface area contributed by atoms with Crippen molar-refractivity contribution in [2.75, 3.05) is 6.61 Å². The van der Waals surface area contributed by atoms with Gasteiger partial charge >= 0.3 is 0 Å². The van der Waals surface area contributed by atoms with E-state index < -0.39 is 0 Å². The Labute approximate surface area is 102 Å². The first-order valence-corrected chi connectivity index (χ1v) is 6.50. The second-order valence-corrected chi connectivity index (χ2v) is 6.51. The van der Waals surface area contributed by atoms with Gasteiger partial charge in [-0.1, -0.05) is 20.8 Å². The maximum absolute atomic E-state index is 12.2. The highest BCUT2D eigenvalue weighted by molar-refractivity contribution is 5.97. The summed E-state index contributed by atoms with van der Waals surface area (Å²) in [7, 11) is 0. The molecule has 2 aliphatic heterocycles. The Morgan fingerprint density at radius 2 is 2.06 bits per heavy atom. The first kappa shape index (κ1) is 11.3. The van der Waals surface area contributed by atoms with Crippen LogP contribution in [0, 0.1) is 17.3 Å². The van der Waals surface area contributed by atoms with Crippen LogP contribution in [0.1, 0.15) is 40.0 Å². The molecule has 0 bridgehead atoms. The van der Waals surface area contributed by atoms with E-state index in [4.69, 9.17) is 9.47 Å². The summed E-state index contributed by atoms with van der Waals surface area (Å²) >= 11 is 0. The van der Waals surface area contributed by atoms with Crippen molar-refractivity contribution in [2.45, 2.75) is 46.3 Å². The Kier molecular flexibility index (Phi) is 2.37. The highest BCUT2D eigenvalue weighted by Crippen LogP contribution is 2.46. The molecule has 0 aromatic heterocycles. The zero-order chi connectivity index (χ0) is 12.2. The van der Waals surface area contributed by atoms with Crippen molar-refractivity contribution in [3.8, 4) is 0 Å². The van der Waals surface area contributed by atoms with Gasteiger partial charge in [-0.15, -0.1) is 0 Å². The number of ketones is 1. The van der Waals surface area contributed by atoms with Gasteiger partial charge < -0.3 is 9.47 Å². The molecule has 3 atom stereocenters. The molecule has 2 heterocycles. The molecule has 0 N–H and O–H groups in total. The Morgan fingerprint density at radius 1 is 1.29 bits per heavy atom. The molecule has 1 saturated heterocycles. The topological polar surface area (TPSA) is 35.5 Å². The van der Waals surface area contributed by atoms with Crippen LogP contribution >= 0.6 is 0 Å². The molecule has 3 unspecified atom stereocenters. The van der Waals surface area contributed by atoms with E-state index in [2.05, 4.69) is 20.8 Å². The van der Waals surface area contributed by atoms with E-state index in [-0.39, 0.29) is 17.5 Å². The van der Waals surface area contributed by atoms with Crippen molar-refractivity contribution in [1.29, 1.82) is 0 Å². The minimum atomic E-state index is -0.106. The van der Waals surface area contributed by atoms with Crippen LogP contribution in [-0.4, -0.2) is 18.7 Å². The van der Waals surface area contributed by atoms with Crippen LogP contribution in [0.3, 0.4) is 0 Å². The summed E-state index contributed by atoms with van der Waals surface area (Å²) in [4.78, 5) is 12.2. The molecule has 0 radical (unpaired) electrons. The molecule has 3 aliphatic rings. The van der Waals surface area contributed by atoms with Crippen LogP contribution in [0.15, 0.2) is 11.3 Å². The lowest BCUT2D eigenvalue weighted by molar-refractivity contribution is -0.132. The van der Waals surface area contributed by atoms with Crippen molar-refractivity contribution in [1.82, 2.24) is 0 Å². The molecule has 17 heavy (non-hydrogen) atoms. The monoisotopic (exact) mass is 236 g/mol. The second-order valence-electron chi connectivity index (χ2n) is 6.51. The Morgan fingerprint density at radius 3 is 2.82 bits per heavy atom. The summed E-state index contributed by atoms with van der Waals surface area (Å²) in [6.45, 7) is 7.19. The molecular weight excluding hydrogens is 216 g/mol. The van der Waals surface area contributed by atoms with Gasteiger partial charge in [-0.2, -0.15) is 0 Å². The van der Waals surface area contributed by atoms with Crippen molar-refractivity contribution in [3.05, 3.63) is 11.3 Å². The predicted molar refractivity (Wildman–Crippen MR) is 63.1 cm³/mol. The van der Waals surface area contributed by atoms with Gasteiger partial charge in [-0.3, -0.25) is 4.79 Å². The summed E-state index contributed by atoms with van der Waals surface area (Å²) < 4.78 is 11.6. The van der Waals surface area contributed by atoms with Crippen LogP contribution in [0.25, 0.3) is 0 Å². The van der Waals surface area contributed by atoms with E-state index in [1.807, 2.05) is 0 Å². The lowest BCUT2D eigenvalue weighted by Gasteiger charge is -2.38. The fourth-order valence-electron chi connectivity index (χ4n) is 3.20. The van der Waals surface area contributed by atoms with E-state index in [1.165, 1.54) is 0 Å². The minimum absolute atomic E-state index is 0.0347. The SMILES string of the molecule is CC1COC2OC3=C(CC12)C(=O)CC(C)(C)C3. The number of fused-ring (bicyclic) bond motifs is 1. The van der Waals surface area contributed by atoms with Crippen molar-refractivity contribution in [2.24, 2.45) is 17.3 Å². The molecule has 3 heteroatoms. The van der Waals surface area contributed by atoms with Gasteiger partial charge in [0.1, 0.15) is 5.76 Å². The standard InChI is InChI=1S/C14H20O3/c1-8-7-16-13-9(8)4-10-11(15)5-14(2,3)6-12(10)17-13/h8-9,13H,4-7H2,1-3H3. The smallest absolute Gasteiger partial charge is 0.202 e. The zero-order valence-electron chi connectivity index (χ0n) is 10.8. The third kappa shape index (κ3) is 1.81. The number of allylic oxidation sites excluding steroid dienone is 2. The fraction of sp³-hybridized carbons (Fsp3) is 0.786. The molecule has 3 rings (SSSR count). The molecule has 94 valence electrons. The summed E-state index contributed by atoms with van der Waals surface area (Å²) in [5.74, 6) is 2.06. The third-order valence-corrected chi connectivity index (χ3v) is 4.25. The molecule has 1 fully saturated rings. The molecule has 1 aliphatic carbocycles. The number of ether oxygens (including phenoxy) is 2. The van der Waals surface area contributed by atoms with Gasteiger partial charge in [-0.05, 0) is 17.8 Å². The molecule has 0 aromatic rings. The largest absolute Gasteiger partial charge is 0.469 e. The summed E-state index contributed by atoms with van der Waals surface area (Å²) in [5.41, 5.74) is 0.982. The molecule has 3 nitrogen and oxygen atoms in total. The van der Waals surface area contributed by atoms with E-state index >= 15 is 0 Å². The van der Waals surface area contributed by atoms with Gasteiger partial charge in [0.15, 0.2) is 5.78 Å². The average Bonchev–Trinajstić information content (AvgIpc) is 2.56. The molecule has 0 saturated carbocycles. The van der Waals surface area contributed by atoms with Gasteiger partial charge in [0.2, 0.25) is 6.29 Å². The molecule has 0 amide bonds. The van der Waals surface area contributed by atoms with Gasteiger partial charge in [0, 0.05) is 24.3 Å². The van der Waals surface area contributed by atoms with Crippen LogP contribution in [0.5, 0.6) is 0 Å². The van der Waals surface area contributed by atoms with E-state index in [0.29, 0.717) is 18.3 Å². The van der Waals surface area contributed by atoms with Crippen molar-refractivity contribution < 1.29 is 14.3 Å². The molecule has 0 spiro atoms. The maximum Gasteiger partial charge on any atom is 0.202 e. The third-order valence-electron chi connectivity index (χ3n) is 4.25. The number of hydrogen-bond donors (Lipinski definition) is 0. The number of carbonyl (C=O) groups is 1. The number of hydrogen-bond acceptors (Lipinski definition) is 3. The second kappa shape index (κ2) is 3.58. The summed E-state index contributed by atoms with van der Waals surface area (Å²) in [5, 5.41) is 0. The maximum atomic E-state index is 12.2. The highest BCUT2D eigenvalue weighted by atomic mass is 16.7. The van der Waals surface area contributed by atoms with Crippen molar-refractivity contribution in [3.63, 3.8) is 0 Å². The highest BCUT2D eigenvalue weighted by Gasteiger charge is 2.45. The van der Waals surface area contributed by atoms with Gasteiger partial charge in [0.25, 0.3) is 0 Å². The quantitative estimate of drug-likeness (QED) is 0.648. The zero-order valence-corrected chi connectivity index (χ0v) is 10.8. The van der Waals surface area contributed by atoms with Crippen molar-refractivity contribution >= 4 is 5.78 Å². The van der Waals surface area contributed by atoms with E-state index in [1.54, 1.807) is 0 Å². The summed E-state index contributed by atoms with van der Waals surface area (Å²) in [6.07, 6.45) is 2.28. The Bertz CT molecular complexity index is 394. The predicted octanol–water partition coefficient (Wildman–Crippen LogP) is 2.66. The van der Waals surface area contributed by atoms with Gasteiger partial charge in [0.05, 0.1) is 6.61 Å². The Hall–Kier alpha value is -0.830. The lowest BCUT2D eigenvalue weighted by atomic mass is 9.73. The lowest BCUT2D eigenvalue weighted by Crippen LogP contribution is -2.36. The average molecular weight is 236 g/mol. The van der Waals surface area contributed by atoms with Crippen LogP contribution in [0.4, 0.5) is 0 Å². The molecule has 0 aromatic carbocycles. The number of carbonyl (C=O) groups excluding carboxylic acids is 1. The van der Waals surface area contributed by atoms with Crippen LogP contribution < -0.4 is 0 Å². The first-order valence-electron chi connectivity index (χ1n) is 6.50. The van der Waals surface area contributed by atoms with E-state index in [9.17, 15) is 4.79 Å². The number of rotatable bonds is 0.